The fraction of sp³-hybridized carbons (Fsp3) is 0.348. The van der Waals surface area contributed by atoms with Crippen LogP contribution in [-0.4, -0.2) is 34.2 Å². The maximum Gasteiger partial charge on any atom is 0.189 e. The monoisotopic (exact) mass is 378 g/mol. The maximum absolute atomic E-state index is 14.1. The summed E-state index contributed by atoms with van der Waals surface area (Å²) >= 11 is 0. The first kappa shape index (κ1) is 17.6. The van der Waals surface area contributed by atoms with Gasteiger partial charge in [-0.2, -0.15) is 0 Å². The van der Waals surface area contributed by atoms with E-state index in [0.717, 1.165) is 38.0 Å². The number of para-hydroxylation sites is 1. The van der Waals surface area contributed by atoms with Crippen molar-refractivity contribution >= 4 is 10.9 Å². The number of hydrogen-bond acceptors (Lipinski definition) is 3. The standard InChI is InChI=1S/C23H23FN2O2/c24-19-7-3-5-17-20(27)13-16(25-22(17)19)14-26-10-8-23(9-11-26)18-6-2-1-4-15(18)12-21(23)28/h1-7,13,21,28H,8-12,14H2,(H,25,27)/t21-/m0/s1. The minimum absolute atomic E-state index is 0.156. The van der Waals surface area contributed by atoms with Gasteiger partial charge in [0.25, 0.3) is 0 Å². The molecule has 1 fully saturated rings. The summed E-state index contributed by atoms with van der Waals surface area (Å²) in [5, 5.41) is 11.2. The van der Waals surface area contributed by atoms with Crippen molar-refractivity contribution in [3.05, 3.63) is 81.4 Å². The number of aliphatic hydroxyl groups is 1. The number of benzene rings is 2. The number of halogens is 1. The SMILES string of the molecule is O=c1cc(CN2CCC3(CC2)c2ccccc2C[C@@H]3O)[nH]c2c(F)cccc12. The fourth-order valence-electron chi connectivity index (χ4n) is 5.10. The average molecular weight is 378 g/mol. The van der Waals surface area contributed by atoms with E-state index in [0.29, 0.717) is 11.9 Å². The Morgan fingerprint density at radius 1 is 1.14 bits per heavy atom. The molecule has 4 nitrogen and oxygen atoms in total. The third kappa shape index (κ3) is 2.69. The highest BCUT2D eigenvalue weighted by Crippen LogP contribution is 2.46. The van der Waals surface area contributed by atoms with Crippen molar-refractivity contribution < 1.29 is 9.50 Å². The lowest BCUT2D eigenvalue weighted by Crippen LogP contribution is -2.47. The Balaban J connectivity index is 1.37. The summed E-state index contributed by atoms with van der Waals surface area (Å²) in [7, 11) is 0. The largest absolute Gasteiger partial charge is 0.392 e. The lowest BCUT2D eigenvalue weighted by atomic mass is 9.72. The van der Waals surface area contributed by atoms with E-state index >= 15 is 0 Å². The number of piperidine rings is 1. The van der Waals surface area contributed by atoms with E-state index in [4.69, 9.17) is 0 Å². The van der Waals surface area contributed by atoms with E-state index in [9.17, 15) is 14.3 Å². The van der Waals surface area contributed by atoms with Crippen molar-refractivity contribution in [2.75, 3.05) is 13.1 Å². The Bertz CT molecular complexity index is 1100. The molecule has 2 N–H and O–H groups in total. The molecule has 3 aromatic rings. The van der Waals surface area contributed by atoms with Crippen molar-refractivity contribution in [2.45, 2.75) is 37.3 Å². The van der Waals surface area contributed by atoms with E-state index in [1.54, 1.807) is 18.2 Å². The summed E-state index contributed by atoms with van der Waals surface area (Å²) in [5.74, 6) is -0.403. The van der Waals surface area contributed by atoms with E-state index in [1.807, 2.05) is 6.07 Å². The minimum atomic E-state index is -0.403. The number of aromatic amines is 1. The minimum Gasteiger partial charge on any atom is -0.392 e. The molecule has 1 spiro atoms. The second kappa shape index (κ2) is 6.54. The van der Waals surface area contributed by atoms with Crippen molar-refractivity contribution in [1.82, 2.24) is 9.88 Å². The number of H-pyrrole nitrogens is 1. The topological polar surface area (TPSA) is 56.3 Å². The van der Waals surface area contributed by atoms with Crippen LogP contribution in [0.15, 0.2) is 53.3 Å². The molecular weight excluding hydrogens is 355 g/mol. The maximum atomic E-state index is 14.1. The average Bonchev–Trinajstić information content (AvgIpc) is 2.96. The molecule has 1 atom stereocenters. The predicted octanol–water partition coefficient (Wildman–Crippen LogP) is 3.12. The second-order valence-electron chi connectivity index (χ2n) is 8.13. The number of fused-ring (bicyclic) bond motifs is 3. The van der Waals surface area contributed by atoms with Gasteiger partial charge in [0.2, 0.25) is 0 Å². The van der Waals surface area contributed by atoms with Crippen LogP contribution in [-0.2, 0) is 18.4 Å². The van der Waals surface area contributed by atoms with E-state index < -0.39 is 5.82 Å². The van der Waals surface area contributed by atoms with Crippen molar-refractivity contribution in [3.8, 4) is 0 Å². The lowest BCUT2D eigenvalue weighted by Gasteiger charge is -2.42. The number of likely N-dealkylation sites (tertiary alicyclic amines) is 1. The first-order valence-corrected chi connectivity index (χ1v) is 9.86. The van der Waals surface area contributed by atoms with Crippen LogP contribution in [0.3, 0.4) is 0 Å². The first-order chi connectivity index (χ1) is 13.6. The van der Waals surface area contributed by atoms with Gasteiger partial charge >= 0.3 is 0 Å². The van der Waals surface area contributed by atoms with Gasteiger partial charge in [-0.3, -0.25) is 9.69 Å². The molecule has 1 aliphatic carbocycles. The normalized spacial score (nSPS) is 21.3. The smallest absolute Gasteiger partial charge is 0.189 e. The van der Waals surface area contributed by atoms with Gasteiger partial charge in [0.15, 0.2) is 5.43 Å². The molecule has 0 radical (unpaired) electrons. The Kier molecular flexibility index (Phi) is 4.11. The van der Waals surface area contributed by atoms with Crippen LogP contribution in [0.4, 0.5) is 4.39 Å². The molecule has 1 aliphatic heterocycles. The molecule has 0 saturated carbocycles. The van der Waals surface area contributed by atoms with Crippen LogP contribution >= 0.6 is 0 Å². The van der Waals surface area contributed by atoms with E-state index in [-0.39, 0.29) is 22.5 Å². The summed E-state index contributed by atoms with van der Waals surface area (Å²) in [4.78, 5) is 17.7. The Labute approximate surface area is 162 Å². The van der Waals surface area contributed by atoms with Gasteiger partial charge in [-0.15, -0.1) is 0 Å². The van der Waals surface area contributed by atoms with Crippen LogP contribution in [0.5, 0.6) is 0 Å². The Morgan fingerprint density at radius 3 is 2.75 bits per heavy atom. The van der Waals surface area contributed by atoms with Crippen LogP contribution in [0, 0.1) is 5.82 Å². The number of aliphatic hydroxyl groups excluding tert-OH is 1. The quantitative estimate of drug-likeness (QED) is 0.720. The summed E-state index contributed by atoms with van der Waals surface area (Å²) in [6.45, 7) is 2.25. The van der Waals surface area contributed by atoms with Gasteiger partial charge in [0, 0.05) is 29.1 Å². The number of pyridine rings is 1. The number of aromatic nitrogens is 1. The van der Waals surface area contributed by atoms with Gasteiger partial charge in [0.1, 0.15) is 5.82 Å². The third-order valence-electron chi connectivity index (χ3n) is 6.62. The first-order valence-electron chi connectivity index (χ1n) is 9.86. The van der Waals surface area contributed by atoms with Crippen LogP contribution in [0.2, 0.25) is 0 Å². The Morgan fingerprint density at radius 2 is 1.93 bits per heavy atom. The van der Waals surface area contributed by atoms with Crippen LogP contribution < -0.4 is 5.43 Å². The number of hydrogen-bond donors (Lipinski definition) is 2. The summed E-state index contributed by atoms with van der Waals surface area (Å²) < 4.78 is 14.1. The van der Waals surface area contributed by atoms with Gasteiger partial charge in [0.05, 0.1) is 11.6 Å². The van der Waals surface area contributed by atoms with Gasteiger partial charge in [-0.25, -0.2) is 4.39 Å². The van der Waals surface area contributed by atoms with Gasteiger partial charge < -0.3 is 10.1 Å². The van der Waals surface area contributed by atoms with E-state index in [2.05, 4.69) is 28.1 Å². The van der Waals surface area contributed by atoms with E-state index in [1.165, 1.54) is 17.2 Å². The highest BCUT2D eigenvalue weighted by atomic mass is 19.1. The lowest BCUT2D eigenvalue weighted by molar-refractivity contribution is 0.0411. The molecule has 0 bridgehead atoms. The van der Waals surface area contributed by atoms with Crippen molar-refractivity contribution in [2.24, 2.45) is 0 Å². The zero-order valence-corrected chi connectivity index (χ0v) is 15.6. The molecule has 2 heterocycles. The number of nitrogens with one attached hydrogen (secondary N) is 1. The molecule has 2 aromatic carbocycles. The van der Waals surface area contributed by atoms with Gasteiger partial charge in [-0.1, -0.05) is 30.3 Å². The van der Waals surface area contributed by atoms with Crippen LogP contribution in [0.25, 0.3) is 10.9 Å². The summed E-state index contributed by atoms with van der Waals surface area (Å²) in [6, 6.07) is 14.5. The van der Waals surface area contributed by atoms with Crippen molar-refractivity contribution in [3.63, 3.8) is 0 Å². The summed E-state index contributed by atoms with van der Waals surface area (Å²) in [6.07, 6.45) is 2.17. The Hall–Kier alpha value is -2.50. The molecule has 5 rings (SSSR count). The van der Waals surface area contributed by atoms with Crippen molar-refractivity contribution in [1.29, 1.82) is 0 Å². The fourth-order valence-corrected chi connectivity index (χ4v) is 5.10. The second-order valence-corrected chi connectivity index (χ2v) is 8.13. The zero-order valence-electron chi connectivity index (χ0n) is 15.6. The molecule has 0 amide bonds. The van der Waals surface area contributed by atoms with Crippen LogP contribution in [0.1, 0.15) is 29.7 Å². The highest BCUT2D eigenvalue weighted by molar-refractivity contribution is 5.78. The highest BCUT2D eigenvalue weighted by Gasteiger charge is 2.47. The molecule has 1 saturated heterocycles. The number of nitrogens with zero attached hydrogens (tertiary/aromatic N) is 1. The summed E-state index contributed by atoms with van der Waals surface area (Å²) in [5.41, 5.74) is 3.25. The predicted molar refractivity (Wildman–Crippen MR) is 107 cm³/mol. The molecule has 1 aromatic heterocycles. The molecular formula is C23H23FN2O2. The van der Waals surface area contributed by atoms with Gasteiger partial charge in [-0.05, 0) is 55.6 Å². The number of rotatable bonds is 2. The molecule has 144 valence electrons. The molecule has 2 aliphatic rings. The molecule has 5 heteroatoms. The molecule has 28 heavy (non-hydrogen) atoms. The zero-order chi connectivity index (χ0) is 19.3. The molecule has 0 unspecified atom stereocenters. The third-order valence-corrected chi connectivity index (χ3v) is 6.62.